The van der Waals surface area contributed by atoms with E-state index in [1.54, 1.807) is 0 Å². The molecule has 110 valence electrons. The summed E-state index contributed by atoms with van der Waals surface area (Å²) in [5, 5.41) is 0. The lowest BCUT2D eigenvalue weighted by Gasteiger charge is -2.37. The van der Waals surface area contributed by atoms with Crippen molar-refractivity contribution < 1.29 is 4.79 Å². The van der Waals surface area contributed by atoms with Crippen LogP contribution in [0.2, 0.25) is 0 Å². The number of nitrogens with zero attached hydrogens (tertiary/aromatic N) is 2. The van der Waals surface area contributed by atoms with Gasteiger partial charge in [-0.15, -0.1) is 0 Å². The summed E-state index contributed by atoms with van der Waals surface area (Å²) in [6.45, 7) is 5.30. The molecule has 2 fully saturated rings. The zero-order valence-corrected chi connectivity index (χ0v) is 12.5. The van der Waals surface area contributed by atoms with Crippen molar-refractivity contribution in [3.63, 3.8) is 0 Å². The SMILES string of the molecule is CCN1CCCC1CN(C)C(=O)C1(N)CCCCC1. The first-order chi connectivity index (χ1) is 9.07. The molecule has 1 amide bonds. The fourth-order valence-corrected chi connectivity index (χ4v) is 3.69. The van der Waals surface area contributed by atoms with Crippen LogP contribution in [0.3, 0.4) is 0 Å². The van der Waals surface area contributed by atoms with Gasteiger partial charge in [0, 0.05) is 19.6 Å². The molecule has 0 bridgehead atoms. The van der Waals surface area contributed by atoms with Crippen LogP contribution >= 0.6 is 0 Å². The number of hydrogen-bond donors (Lipinski definition) is 1. The first-order valence-corrected chi connectivity index (χ1v) is 7.85. The molecule has 1 unspecified atom stereocenters. The second kappa shape index (κ2) is 6.23. The predicted molar refractivity (Wildman–Crippen MR) is 77.9 cm³/mol. The Hall–Kier alpha value is -0.610. The van der Waals surface area contributed by atoms with Crippen molar-refractivity contribution >= 4 is 5.91 Å². The molecule has 2 aliphatic rings. The first-order valence-electron chi connectivity index (χ1n) is 7.85. The highest BCUT2D eigenvalue weighted by molar-refractivity contribution is 5.86. The molecule has 19 heavy (non-hydrogen) atoms. The van der Waals surface area contributed by atoms with Gasteiger partial charge >= 0.3 is 0 Å². The molecule has 0 radical (unpaired) electrons. The summed E-state index contributed by atoms with van der Waals surface area (Å²) in [7, 11) is 1.93. The van der Waals surface area contributed by atoms with Crippen LogP contribution in [0.4, 0.5) is 0 Å². The number of likely N-dealkylation sites (tertiary alicyclic amines) is 1. The van der Waals surface area contributed by atoms with E-state index in [0.29, 0.717) is 6.04 Å². The lowest BCUT2D eigenvalue weighted by Crippen LogP contribution is -2.57. The summed E-state index contributed by atoms with van der Waals surface area (Å²) < 4.78 is 0. The number of likely N-dealkylation sites (N-methyl/N-ethyl adjacent to an activating group) is 2. The Morgan fingerprint density at radius 3 is 2.63 bits per heavy atom. The average molecular weight is 267 g/mol. The lowest BCUT2D eigenvalue weighted by atomic mass is 9.81. The minimum atomic E-state index is -0.581. The number of rotatable bonds is 4. The molecule has 1 aliphatic carbocycles. The summed E-state index contributed by atoms with van der Waals surface area (Å²) in [6.07, 6.45) is 7.61. The van der Waals surface area contributed by atoms with Gasteiger partial charge < -0.3 is 10.6 Å². The van der Waals surface area contributed by atoms with Gasteiger partial charge in [-0.2, -0.15) is 0 Å². The maximum Gasteiger partial charge on any atom is 0.242 e. The summed E-state index contributed by atoms with van der Waals surface area (Å²) in [4.78, 5) is 17.0. The van der Waals surface area contributed by atoms with Crippen molar-refractivity contribution in [1.82, 2.24) is 9.80 Å². The van der Waals surface area contributed by atoms with E-state index in [0.717, 1.165) is 38.8 Å². The fourth-order valence-electron chi connectivity index (χ4n) is 3.69. The van der Waals surface area contributed by atoms with Gasteiger partial charge in [-0.05, 0) is 38.8 Å². The molecule has 1 saturated carbocycles. The molecule has 1 heterocycles. The summed E-state index contributed by atoms with van der Waals surface area (Å²) in [5.74, 6) is 0.162. The van der Waals surface area contributed by atoms with Crippen molar-refractivity contribution in [3.05, 3.63) is 0 Å². The smallest absolute Gasteiger partial charge is 0.242 e. The number of amides is 1. The van der Waals surface area contributed by atoms with Crippen LogP contribution in [-0.2, 0) is 4.79 Å². The van der Waals surface area contributed by atoms with Crippen LogP contribution in [0.5, 0.6) is 0 Å². The molecule has 1 atom stereocenters. The number of carbonyl (C=O) groups excluding carboxylic acids is 1. The predicted octanol–water partition coefficient (Wildman–Crippen LogP) is 1.59. The van der Waals surface area contributed by atoms with Gasteiger partial charge in [0.05, 0.1) is 5.54 Å². The highest BCUT2D eigenvalue weighted by atomic mass is 16.2. The third kappa shape index (κ3) is 3.29. The first kappa shape index (κ1) is 14.8. The van der Waals surface area contributed by atoms with Crippen LogP contribution in [0, 0.1) is 0 Å². The molecule has 0 aromatic heterocycles. The van der Waals surface area contributed by atoms with Crippen LogP contribution in [0.1, 0.15) is 51.9 Å². The van der Waals surface area contributed by atoms with Crippen molar-refractivity contribution in [2.24, 2.45) is 5.73 Å². The van der Waals surface area contributed by atoms with Crippen molar-refractivity contribution in [1.29, 1.82) is 0 Å². The van der Waals surface area contributed by atoms with Gasteiger partial charge in [0.25, 0.3) is 0 Å². The Balaban J connectivity index is 1.91. The Morgan fingerprint density at radius 1 is 1.32 bits per heavy atom. The average Bonchev–Trinajstić information content (AvgIpc) is 2.85. The minimum absolute atomic E-state index is 0.162. The molecular weight excluding hydrogens is 238 g/mol. The molecule has 4 nitrogen and oxygen atoms in total. The Morgan fingerprint density at radius 2 is 2.00 bits per heavy atom. The number of hydrogen-bond acceptors (Lipinski definition) is 3. The van der Waals surface area contributed by atoms with Gasteiger partial charge in [-0.3, -0.25) is 9.69 Å². The highest BCUT2D eigenvalue weighted by Gasteiger charge is 2.38. The lowest BCUT2D eigenvalue weighted by molar-refractivity contribution is -0.137. The largest absolute Gasteiger partial charge is 0.343 e. The normalized spacial score (nSPS) is 27.4. The molecule has 0 spiro atoms. The second-order valence-electron chi connectivity index (χ2n) is 6.33. The highest BCUT2D eigenvalue weighted by Crippen LogP contribution is 2.28. The fraction of sp³-hybridized carbons (Fsp3) is 0.933. The van der Waals surface area contributed by atoms with Gasteiger partial charge in [0.15, 0.2) is 0 Å². The summed E-state index contributed by atoms with van der Waals surface area (Å²) in [6, 6.07) is 0.533. The minimum Gasteiger partial charge on any atom is -0.343 e. The summed E-state index contributed by atoms with van der Waals surface area (Å²) >= 11 is 0. The van der Waals surface area contributed by atoms with E-state index in [2.05, 4.69) is 11.8 Å². The maximum atomic E-state index is 12.6. The van der Waals surface area contributed by atoms with E-state index in [1.165, 1.54) is 25.8 Å². The monoisotopic (exact) mass is 267 g/mol. The second-order valence-corrected chi connectivity index (χ2v) is 6.33. The molecule has 1 saturated heterocycles. The van der Waals surface area contributed by atoms with E-state index >= 15 is 0 Å². The zero-order chi connectivity index (χ0) is 13.9. The third-order valence-electron chi connectivity index (χ3n) is 4.91. The number of carbonyl (C=O) groups is 1. The molecule has 2 rings (SSSR count). The van der Waals surface area contributed by atoms with Crippen molar-refractivity contribution in [2.75, 3.05) is 26.7 Å². The van der Waals surface area contributed by atoms with E-state index in [1.807, 2.05) is 11.9 Å². The molecule has 0 aromatic carbocycles. The van der Waals surface area contributed by atoms with Crippen LogP contribution < -0.4 is 5.73 Å². The molecule has 0 aromatic rings. The summed E-state index contributed by atoms with van der Waals surface area (Å²) in [5.41, 5.74) is 5.76. The van der Waals surface area contributed by atoms with Gasteiger partial charge in [0.1, 0.15) is 0 Å². The standard InChI is InChI=1S/C15H29N3O/c1-3-18-11-7-8-13(18)12-17(2)14(19)15(16)9-5-4-6-10-15/h13H,3-12,16H2,1-2H3. The molecular formula is C15H29N3O. The van der Waals surface area contributed by atoms with E-state index < -0.39 is 5.54 Å². The van der Waals surface area contributed by atoms with Crippen LogP contribution in [-0.4, -0.2) is 54.0 Å². The molecule has 2 N–H and O–H groups in total. The molecule has 4 heteroatoms. The van der Waals surface area contributed by atoms with Gasteiger partial charge in [-0.1, -0.05) is 26.2 Å². The van der Waals surface area contributed by atoms with Gasteiger partial charge in [-0.25, -0.2) is 0 Å². The Kier molecular flexibility index (Phi) is 4.85. The van der Waals surface area contributed by atoms with Crippen LogP contribution in [0.15, 0.2) is 0 Å². The zero-order valence-electron chi connectivity index (χ0n) is 12.5. The Bertz CT molecular complexity index is 313. The third-order valence-corrected chi connectivity index (χ3v) is 4.91. The van der Waals surface area contributed by atoms with Gasteiger partial charge in [0.2, 0.25) is 5.91 Å². The Labute approximate surface area is 117 Å². The number of nitrogens with two attached hydrogens (primary N) is 1. The van der Waals surface area contributed by atoms with Crippen molar-refractivity contribution in [3.8, 4) is 0 Å². The quantitative estimate of drug-likeness (QED) is 0.841. The molecule has 1 aliphatic heterocycles. The van der Waals surface area contributed by atoms with Crippen molar-refractivity contribution in [2.45, 2.75) is 63.5 Å². The van der Waals surface area contributed by atoms with E-state index in [9.17, 15) is 4.79 Å². The topological polar surface area (TPSA) is 49.6 Å². The van der Waals surface area contributed by atoms with E-state index in [4.69, 9.17) is 5.73 Å². The maximum absolute atomic E-state index is 12.6. The van der Waals surface area contributed by atoms with Crippen LogP contribution in [0.25, 0.3) is 0 Å². The van der Waals surface area contributed by atoms with E-state index in [-0.39, 0.29) is 5.91 Å².